The first-order valence-corrected chi connectivity index (χ1v) is 8.98. The van der Waals surface area contributed by atoms with Gasteiger partial charge < -0.3 is 14.2 Å². The van der Waals surface area contributed by atoms with Crippen molar-refractivity contribution in [2.45, 2.75) is 39.7 Å². The Labute approximate surface area is 150 Å². The zero-order chi connectivity index (χ0) is 18.2. The Morgan fingerprint density at radius 3 is 2.84 bits per heavy atom. The van der Waals surface area contributed by atoms with Crippen molar-refractivity contribution in [3.63, 3.8) is 0 Å². The van der Waals surface area contributed by atoms with Gasteiger partial charge in [-0.15, -0.1) is 0 Å². The molecule has 1 atom stereocenters. The molecule has 4 nitrogen and oxygen atoms in total. The summed E-state index contributed by atoms with van der Waals surface area (Å²) in [6.07, 6.45) is 7.38. The maximum atomic E-state index is 5.94. The molecule has 1 aliphatic carbocycles. The second-order valence-electron chi connectivity index (χ2n) is 7.75. The highest BCUT2D eigenvalue weighted by Crippen LogP contribution is 2.33. The normalized spacial score (nSPS) is 19.2. The monoisotopic (exact) mass is 339 g/mol. The van der Waals surface area contributed by atoms with Crippen molar-refractivity contribution in [3.05, 3.63) is 40.8 Å². The van der Waals surface area contributed by atoms with Crippen LogP contribution < -0.4 is 20.3 Å². The molecular weight excluding hydrogens is 310 g/mol. The van der Waals surface area contributed by atoms with Gasteiger partial charge in [-0.3, -0.25) is 0 Å². The van der Waals surface area contributed by atoms with Crippen molar-refractivity contribution in [2.24, 2.45) is 13.0 Å². The maximum absolute atomic E-state index is 5.94. The first kappa shape index (κ1) is 17.6. The molecule has 0 saturated carbocycles. The van der Waals surface area contributed by atoms with Crippen LogP contribution in [0.1, 0.15) is 32.8 Å². The van der Waals surface area contributed by atoms with Crippen molar-refractivity contribution in [1.29, 1.82) is 0 Å². The lowest BCUT2D eigenvalue weighted by Gasteiger charge is -2.39. The van der Waals surface area contributed by atoms with Gasteiger partial charge in [0.05, 0.1) is 29.2 Å². The fraction of sp³-hybridized carbons (Fsp3) is 0.476. The van der Waals surface area contributed by atoms with Crippen molar-refractivity contribution in [1.82, 2.24) is 9.55 Å². The molecule has 2 aromatic rings. The van der Waals surface area contributed by atoms with Crippen LogP contribution in [0.4, 0.5) is 5.69 Å². The van der Waals surface area contributed by atoms with Gasteiger partial charge in [-0.2, -0.15) is 0 Å². The Kier molecular flexibility index (Phi) is 4.63. The Bertz CT molecular complexity index is 881. The van der Waals surface area contributed by atoms with E-state index in [9.17, 15) is 0 Å². The highest BCUT2D eigenvalue weighted by Gasteiger charge is 2.29. The molecule has 0 N–H and O–H groups in total. The predicted octanol–water partition coefficient (Wildman–Crippen LogP) is 2.62. The molecule has 0 spiro atoms. The first-order valence-electron chi connectivity index (χ1n) is 8.98. The molecule has 1 unspecified atom stereocenters. The third kappa shape index (κ3) is 3.44. The van der Waals surface area contributed by atoms with Crippen LogP contribution in [0.2, 0.25) is 0 Å². The van der Waals surface area contributed by atoms with Crippen LogP contribution in [-0.4, -0.2) is 28.7 Å². The number of hydrogen-bond acceptors (Lipinski definition) is 3. The minimum Gasteiger partial charge on any atom is -0.493 e. The number of benzene rings is 1. The summed E-state index contributed by atoms with van der Waals surface area (Å²) in [7, 11) is 4.22. The zero-order valence-electron chi connectivity index (χ0n) is 16.2. The van der Waals surface area contributed by atoms with E-state index in [1.807, 2.05) is 13.4 Å². The van der Waals surface area contributed by atoms with E-state index in [4.69, 9.17) is 4.74 Å². The Morgan fingerprint density at radius 2 is 2.12 bits per heavy atom. The molecule has 1 aromatic carbocycles. The topological polar surface area (TPSA) is 30.3 Å². The van der Waals surface area contributed by atoms with Crippen LogP contribution in [0.25, 0.3) is 12.2 Å². The smallest absolute Gasteiger partial charge is 0.121 e. The quantitative estimate of drug-likeness (QED) is 0.839. The van der Waals surface area contributed by atoms with E-state index >= 15 is 0 Å². The van der Waals surface area contributed by atoms with E-state index in [1.165, 1.54) is 16.6 Å². The lowest BCUT2D eigenvalue weighted by atomic mass is 9.91. The number of rotatable bonds is 5. The molecule has 0 aliphatic heterocycles. The number of hydrogen-bond donors (Lipinski definition) is 0. The lowest BCUT2D eigenvalue weighted by molar-refractivity contribution is 0.271. The van der Waals surface area contributed by atoms with Crippen LogP contribution in [0.5, 0.6) is 5.75 Å². The molecule has 0 amide bonds. The predicted molar refractivity (Wildman–Crippen MR) is 104 cm³/mol. The average Bonchev–Trinajstić information content (AvgIpc) is 2.94. The van der Waals surface area contributed by atoms with Crippen molar-refractivity contribution in [2.75, 3.05) is 18.6 Å². The van der Waals surface area contributed by atoms with Crippen LogP contribution in [0.3, 0.4) is 0 Å². The Hall–Kier alpha value is -2.23. The fourth-order valence-electron chi connectivity index (χ4n) is 3.26. The minimum atomic E-state index is -0.0950. The number of nitrogens with zero attached hydrogens (tertiary/aromatic N) is 3. The summed E-state index contributed by atoms with van der Waals surface area (Å²) in [6, 6.07) is 6.37. The van der Waals surface area contributed by atoms with Crippen LogP contribution in [0.15, 0.2) is 24.5 Å². The number of anilines is 1. The molecular formula is C21H29N3O. The van der Waals surface area contributed by atoms with Crippen molar-refractivity contribution >= 4 is 17.8 Å². The van der Waals surface area contributed by atoms with E-state index < -0.39 is 0 Å². The summed E-state index contributed by atoms with van der Waals surface area (Å²) in [5.74, 6) is 1.45. The van der Waals surface area contributed by atoms with Crippen LogP contribution in [-0.2, 0) is 7.05 Å². The van der Waals surface area contributed by atoms with E-state index in [2.05, 4.69) is 79.5 Å². The number of fused-ring (bicyclic) bond motifs is 1. The molecule has 1 heterocycles. The highest BCUT2D eigenvalue weighted by molar-refractivity contribution is 5.63. The maximum Gasteiger partial charge on any atom is 0.121 e. The third-order valence-corrected chi connectivity index (χ3v) is 5.06. The summed E-state index contributed by atoms with van der Waals surface area (Å²) < 4.78 is 8.03. The second-order valence-corrected chi connectivity index (χ2v) is 7.75. The summed E-state index contributed by atoms with van der Waals surface area (Å²) in [5, 5.41) is 2.27. The molecule has 1 aromatic heterocycles. The highest BCUT2D eigenvalue weighted by atomic mass is 16.5. The zero-order valence-corrected chi connectivity index (χ0v) is 16.2. The van der Waals surface area contributed by atoms with Gasteiger partial charge in [0, 0.05) is 25.8 Å². The number of aryl methyl sites for hydroxylation is 2. The van der Waals surface area contributed by atoms with E-state index in [0.29, 0.717) is 5.92 Å². The van der Waals surface area contributed by atoms with Gasteiger partial charge >= 0.3 is 0 Å². The van der Waals surface area contributed by atoms with Gasteiger partial charge in [0.25, 0.3) is 0 Å². The van der Waals surface area contributed by atoms with Gasteiger partial charge in [-0.1, -0.05) is 26.0 Å². The molecule has 3 rings (SSSR count). The van der Waals surface area contributed by atoms with Gasteiger partial charge in [0.2, 0.25) is 0 Å². The van der Waals surface area contributed by atoms with Crippen LogP contribution >= 0.6 is 0 Å². The number of ether oxygens (including phenoxy) is 1. The molecule has 1 aliphatic rings. The van der Waals surface area contributed by atoms with E-state index in [-0.39, 0.29) is 5.54 Å². The van der Waals surface area contributed by atoms with Crippen molar-refractivity contribution < 1.29 is 4.74 Å². The second kappa shape index (κ2) is 6.58. The first-order chi connectivity index (χ1) is 11.8. The Morgan fingerprint density at radius 1 is 1.36 bits per heavy atom. The number of aromatic nitrogens is 2. The summed E-state index contributed by atoms with van der Waals surface area (Å²) in [5.41, 5.74) is 2.37. The minimum absolute atomic E-state index is 0.0950. The molecule has 0 bridgehead atoms. The van der Waals surface area contributed by atoms with Gasteiger partial charge in [-0.05, 0) is 43.9 Å². The molecule has 0 saturated heterocycles. The van der Waals surface area contributed by atoms with Crippen molar-refractivity contribution in [3.8, 4) is 5.75 Å². The lowest BCUT2D eigenvalue weighted by Crippen LogP contribution is -2.48. The largest absolute Gasteiger partial charge is 0.493 e. The molecule has 4 heteroatoms. The molecule has 134 valence electrons. The molecule has 25 heavy (non-hydrogen) atoms. The Balaban J connectivity index is 1.95. The average molecular weight is 339 g/mol. The number of imidazole rings is 1. The van der Waals surface area contributed by atoms with E-state index in [1.54, 1.807) is 0 Å². The van der Waals surface area contributed by atoms with Crippen LogP contribution in [0, 0.1) is 12.8 Å². The summed E-state index contributed by atoms with van der Waals surface area (Å²) in [4.78, 5) is 6.82. The summed E-state index contributed by atoms with van der Waals surface area (Å²) >= 11 is 0. The van der Waals surface area contributed by atoms with Gasteiger partial charge in [0.15, 0.2) is 0 Å². The van der Waals surface area contributed by atoms with Gasteiger partial charge in [-0.25, -0.2) is 4.98 Å². The third-order valence-electron chi connectivity index (χ3n) is 5.06. The molecule has 0 fully saturated rings. The summed E-state index contributed by atoms with van der Waals surface area (Å²) in [6.45, 7) is 9.51. The van der Waals surface area contributed by atoms with E-state index in [0.717, 1.165) is 24.1 Å². The molecule has 0 radical (unpaired) electrons. The fourth-order valence-corrected chi connectivity index (χ4v) is 3.26. The van der Waals surface area contributed by atoms with Gasteiger partial charge in [0.1, 0.15) is 5.75 Å². The SMILES string of the molecule is Cc1ccc(OCC(C)C)cc1N(C)C1(C)C=c2c(ncn2C)=CC1. The standard InChI is InChI=1S/C21H29N3O/c1-15(2)13-25-17-8-7-16(3)19(11-17)24(6)21(4)10-9-18-20(12-21)23(5)14-22-18/h7-9,11-12,14-15H,10,13H2,1-6H3.